The van der Waals surface area contributed by atoms with Crippen LogP contribution in [0.2, 0.25) is 5.02 Å². The Kier molecular flexibility index (Phi) is 6.16. The summed E-state index contributed by atoms with van der Waals surface area (Å²) >= 11 is 7.53. The van der Waals surface area contributed by atoms with E-state index in [0.717, 1.165) is 12.1 Å². The average molecular weight is 455 g/mol. The predicted molar refractivity (Wildman–Crippen MR) is 126 cm³/mol. The lowest BCUT2D eigenvalue weighted by molar-refractivity contribution is 0.481. The second-order valence-corrected chi connectivity index (χ2v) is 9.31. The van der Waals surface area contributed by atoms with E-state index in [0.29, 0.717) is 50.6 Å². The van der Waals surface area contributed by atoms with Crippen molar-refractivity contribution in [3.05, 3.63) is 79.6 Å². The van der Waals surface area contributed by atoms with E-state index in [1.807, 2.05) is 25.1 Å². The average Bonchev–Trinajstić information content (AvgIpc) is 2.71. The van der Waals surface area contributed by atoms with Gasteiger partial charge in [0.05, 0.1) is 16.6 Å². The van der Waals surface area contributed by atoms with Crippen LogP contribution in [0, 0.1) is 12.8 Å². The molecule has 4 rings (SSSR count). The van der Waals surface area contributed by atoms with Gasteiger partial charge in [0.2, 0.25) is 0 Å². The van der Waals surface area contributed by atoms with Gasteiger partial charge < -0.3 is 0 Å². The molecule has 6 nitrogen and oxygen atoms in total. The first-order chi connectivity index (χ1) is 14.8. The van der Waals surface area contributed by atoms with Crippen LogP contribution >= 0.6 is 23.4 Å². The lowest BCUT2D eigenvalue weighted by atomic mass is 10.1. The Morgan fingerprint density at radius 1 is 1.10 bits per heavy atom. The Bertz CT molecular complexity index is 1390. The molecule has 0 aliphatic carbocycles. The highest BCUT2D eigenvalue weighted by atomic mass is 35.5. The minimum atomic E-state index is -0.117. The molecule has 1 aromatic carbocycles. The molecule has 0 saturated carbocycles. The van der Waals surface area contributed by atoms with Gasteiger partial charge in [-0.2, -0.15) is 0 Å². The molecule has 0 N–H and O–H groups in total. The number of rotatable bonds is 6. The van der Waals surface area contributed by atoms with E-state index in [1.54, 1.807) is 33.2 Å². The Hall–Kier alpha value is -2.64. The van der Waals surface area contributed by atoms with Crippen molar-refractivity contribution in [2.75, 3.05) is 0 Å². The van der Waals surface area contributed by atoms with Crippen LogP contribution in [0.5, 0.6) is 0 Å². The van der Waals surface area contributed by atoms with Gasteiger partial charge in [-0.1, -0.05) is 43.3 Å². The number of hydrogen-bond donors (Lipinski definition) is 0. The van der Waals surface area contributed by atoms with Crippen LogP contribution in [0.15, 0.2) is 57.2 Å². The van der Waals surface area contributed by atoms with Gasteiger partial charge in [-0.05, 0) is 49.6 Å². The van der Waals surface area contributed by atoms with E-state index >= 15 is 0 Å². The molecular formula is C23H23ClN4O2S. The van der Waals surface area contributed by atoms with E-state index < -0.39 is 0 Å². The van der Waals surface area contributed by atoms with Crippen molar-refractivity contribution in [3.8, 4) is 0 Å². The molecule has 0 unspecified atom stereocenters. The molecule has 0 spiro atoms. The number of fused-ring (bicyclic) bond motifs is 2. The summed E-state index contributed by atoms with van der Waals surface area (Å²) < 4.78 is 3.31. The van der Waals surface area contributed by atoms with Gasteiger partial charge in [0.25, 0.3) is 11.1 Å². The Morgan fingerprint density at radius 3 is 2.68 bits per heavy atom. The lowest BCUT2D eigenvalue weighted by Gasteiger charge is -2.14. The van der Waals surface area contributed by atoms with Gasteiger partial charge in [-0.25, -0.2) is 9.97 Å². The topological polar surface area (TPSA) is 69.3 Å². The summed E-state index contributed by atoms with van der Waals surface area (Å²) in [6.07, 6.45) is 0.864. The van der Waals surface area contributed by atoms with Crippen LogP contribution in [0.3, 0.4) is 0 Å². The molecule has 3 aromatic heterocycles. The molecule has 0 radical (unpaired) electrons. The van der Waals surface area contributed by atoms with Crippen molar-refractivity contribution in [3.63, 3.8) is 0 Å². The Balaban J connectivity index is 1.73. The number of halogens is 1. The molecule has 0 atom stereocenters. The summed E-state index contributed by atoms with van der Waals surface area (Å²) in [4.78, 5) is 35.1. The maximum absolute atomic E-state index is 13.1. The zero-order valence-corrected chi connectivity index (χ0v) is 19.2. The van der Waals surface area contributed by atoms with Crippen LogP contribution in [-0.2, 0) is 12.3 Å². The summed E-state index contributed by atoms with van der Waals surface area (Å²) in [5.74, 6) is 0.885. The highest BCUT2D eigenvalue weighted by Gasteiger charge is 2.14. The van der Waals surface area contributed by atoms with Crippen molar-refractivity contribution >= 4 is 39.9 Å². The molecule has 0 aliphatic heterocycles. The van der Waals surface area contributed by atoms with Gasteiger partial charge in [0.15, 0.2) is 5.16 Å². The maximum atomic E-state index is 13.1. The molecule has 0 saturated heterocycles. The minimum Gasteiger partial charge on any atom is -0.287 e. The third-order valence-corrected chi connectivity index (χ3v) is 6.34. The number of hydrogen-bond acceptors (Lipinski definition) is 5. The summed E-state index contributed by atoms with van der Waals surface area (Å²) in [5.41, 5.74) is 2.48. The SMILES string of the molecule is Cc1cccc2nc(CSc3nc4cc(Cl)ccc4c(=O)n3CCC(C)C)cc(=O)n12. The standard InChI is InChI=1S/C23H23ClN4O2S/c1-14(2)9-10-27-22(30)18-8-7-16(24)11-19(18)26-23(27)31-13-17-12-21(29)28-15(3)5-4-6-20(28)25-17/h4-8,11-12,14H,9-10,13H2,1-3H3. The van der Waals surface area contributed by atoms with Crippen molar-refractivity contribution in [1.29, 1.82) is 0 Å². The monoisotopic (exact) mass is 454 g/mol. The van der Waals surface area contributed by atoms with Crippen LogP contribution in [0.1, 0.15) is 31.7 Å². The van der Waals surface area contributed by atoms with Crippen LogP contribution in [0.4, 0.5) is 0 Å². The minimum absolute atomic E-state index is 0.0769. The van der Waals surface area contributed by atoms with Crippen molar-refractivity contribution < 1.29 is 0 Å². The number of pyridine rings is 1. The van der Waals surface area contributed by atoms with E-state index in [2.05, 4.69) is 18.8 Å². The summed E-state index contributed by atoms with van der Waals surface area (Å²) in [6.45, 7) is 6.71. The lowest BCUT2D eigenvalue weighted by Crippen LogP contribution is -2.24. The molecule has 8 heteroatoms. The molecule has 0 fully saturated rings. The summed E-state index contributed by atoms with van der Waals surface area (Å²) in [7, 11) is 0. The highest BCUT2D eigenvalue weighted by molar-refractivity contribution is 7.98. The van der Waals surface area contributed by atoms with Crippen LogP contribution < -0.4 is 11.1 Å². The van der Waals surface area contributed by atoms with Crippen LogP contribution in [0.25, 0.3) is 16.6 Å². The second kappa shape index (κ2) is 8.85. The molecule has 4 aromatic rings. The largest absolute Gasteiger partial charge is 0.287 e. The van der Waals surface area contributed by atoms with Gasteiger partial charge in [0, 0.05) is 29.1 Å². The van der Waals surface area contributed by atoms with Gasteiger partial charge >= 0.3 is 0 Å². The second-order valence-electron chi connectivity index (χ2n) is 7.93. The number of aromatic nitrogens is 4. The molecule has 0 amide bonds. The van der Waals surface area contributed by atoms with Crippen molar-refractivity contribution in [2.45, 2.75) is 44.6 Å². The fraction of sp³-hybridized carbons (Fsp3) is 0.304. The zero-order chi connectivity index (χ0) is 22.1. The van der Waals surface area contributed by atoms with Crippen molar-refractivity contribution in [1.82, 2.24) is 18.9 Å². The predicted octanol–water partition coefficient (Wildman–Crippen LogP) is 4.70. The van der Waals surface area contributed by atoms with Gasteiger partial charge in [-0.15, -0.1) is 0 Å². The number of aryl methyl sites for hydroxylation is 1. The summed E-state index contributed by atoms with van der Waals surface area (Å²) in [5, 5.41) is 1.69. The van der Waals surface area contributed by atoms with Gasteiger partial charge in [-0.3, -0.25) is 18.6 Å². The maximum Gasteiger partial charge on any atom is 0.262 e. The van der Waals surface area contributed by atoms with E-state index in [1.165, 1.54) is 11.8 Å². The van der Waals surface area contributed by atoms with Crippen molar-refractivity contribution in [2.24, 2.45) is 5.92 Å². The Morgan fingerprint density at radius 2 is 1.90 bits per heavy atom. The highest BCUT2D eigenvalue weighted by Crippen LogP contribution is 2.23. The van der Waals surface area contributed by atoms with E-state index in [-0.39, 0.29) is 11.1 Å². The smallest absolute Gasteiger partial charge is 0.262 e. The molecule has 160 valence electrons. The first-order valence-corrected chi connectivity index (χ1v) is 11.5. The van der Waals surface area contributed by atoms with Crippen LogP contribution in [-0.4, -0.2) is 18.9 Å². The fourth-order valence-corrected chi connectivity index (χ4v) is 4.53. The Labute approximate surface area is 188 Å². The van der Waals surface area contributed by atoms with E-state index in [4.69, 9.17) is 16.6 Å². The first-order valence-electron chi connectivity index (χ1n) is 10.1. The molecule has 3 heterocycles. The third kappa shape index (κ3) is 4.52. The number of nitrogens with zero attached hydrogens (tertiary/aromatic N) is 4. The summed E-state index contributed by atoms with van der Waals surface area (Å²) in [6, 6.07) is 12.3. The number of benzene rings is 1. The zero-order valence-electron chi connectivity index (χ0n) is 17.6. The third-order valence-electron chi connectivity index (χ3n) is 5.09. The van der Waals surface area contributed by atoms with Gasteiger partial charge in [0.1, 0.15) is 5.65 Å². The fourth-order valence-electron chi connectivity index (χ4n) is 3.44. The molecule has 0 bridgehead atoms. The first kappa shape index (κ1) is 21.6. The quantitative estimate of drug-likeness (QED) is 0.312. The normalized spacial score (nSPS) is 11.6. The molecule has 31 heavy (non-hydrogen) atoms. The molecular weight excluding hydrogens is 432 g/mol. The number of thioether (sulfide) groups is 1. The van der Waals surface area contributed by atoms with E-state index in [9.17, 15) is 9.59 Å². The molecule has 0 aliphatic rings.